The van der Waals surface area contributed by atoms with E-state index in [-0.39, 0.29) is 11.9 Å². The summed E-state index contributed by atoms with van der Waals surface area (Å²) in [5, 5.41) is 8.70. The van der Waals surface area contributed by atoms with Crippen molar-refractivity contribution in [2.75, 3.05) is 20.6 Å². The summed E-state index contributed by atoms with van der Waals surface area (Å²) in [5.74, 6) is -0.117. The molecule has 1 N–H and O–H groups in total. The first-order valence-electron chi connectivity index (χ1n) is 7.99. The molecule has 0 aliphatic rings. The molecule has 0 spiro atoms. The zero-order valence-corrected chi connectivity index (χ0v) is 16.0. The summed E-state index contributed by atoms with van der Waals surface area (Å²) in [6.07, 6.45) is 0. The number of nitrogens with zero attached hydrogens (tertiary/aromatic N) is 2. The number of thiophene rings is 1. The zero-order chi connectivity index (χ0) is 18.0. The zero-order valence-electron chi connectivity index (χ0n) is 14.4. The van der Waals surface area contributed by atoms with Crippen molar-refractivity contribution in [3.8, 4) is 0 Å². The van der Waals surface area contributed by atoms with E-state index < -0.39 is 0 Å². The molecule has 0 unspecified atom stereocenters. The fourth-order valence-corrected chi connectivity index (χ4v) is 3.71. The minimum atomic E-state index is -0.117. The maximum Gasteiger partial charge on any atom is 0.253 e. The van der Waals surface area contributed by atoms with Crippen LogP contribution < -0.4 is 5.32 Å². The number of aromatic nitrogens is 1. The van der Waals surface area contributed by atoms with E-state index >= 15 is 0 Å². The third kappa shape index (κ3) is 4.00. The Labute approximate surface area is 156 Å². The number of carbonyl (C=O) groups is 1. The van der Waals surface area contributed by atoms with Crippen molar-refractivity contribution < 1.29 is 4.79 Å². The molecule has 2 heterocycles. The molecular formula is C19H20ClN3OS. The lowest BCUT2D eigenvalue weighted by Gasteiger charge is -2.24. The summed E-state index contributed by atoms with van der Waals surface area (Å²) in [4.78, 5) is 19.3. The van der Waals surface area contributed by atoms with E-state index in [1.807, 2.05) is 39.2 Å². The van der Waals surface area contributed by atoms with Crippen LogP contribution in [0.15, 0.2) is 41.1 Å². The largest absolute Gasteiger partial charge is 0.350 e. The van der Waals surface area contributed by atoms with Crippen LogP contribution in [0.1, 0.15) is 27.7 Å². The van der Waals surface area contributed by atoms with Crippen molar-refractivity contribution in [3.05, 3.63) is 62.9 Å². The lowest BCUT2D eigenvalue weighted by Crippen LogP contribution is -2.34. The predicted octanol–water partition coefficient (Wildman–Crippen LogP) is 4.29. The predicted molar refractivity (Wildman–Crippen MR) is 105 cm³/mol. The Morgan fingerprint density at radius 3 is 2.80 bits per heavy atom. The Hall–Kier alpha value is -1.95. The fourth-order valence-electron chi connectivity index (χ4n) is 2.82. The van der Waals surface area contributed by atoms with Crippen LogP contribution in [-0.4, -0.2) is 36.4 Å². The van der Waals surface area contributed by atoms with Gasteiger partial charge in [-0.1, -0.05) is 11.6 Å². The van der Waals surface area contributed by atoms with E-state index in [2.05, 4.69) is 32.0 Å². The maximum atomic E-state index is 12.7. The number of nitrogens with one attached hydrogen (secondary N) is 1. The van der Waals surface area contributed by atoms with Crippen molar-refractivity contribution in [2.45, 2.75) is 13.0 Å². The molecule has 0 bridgehead atoms. The van der Waals surface area contributed by atoms with Crippen molar-refractivity contribution in [2.24, 2.45) is 0 Å². The normalized spacial score (nSPS) is 12.5. The van der Waals surface area contributed by atoms with Gasteiger partial charge < -0.3 is 10.2 Å². The van der Waals surface area contributed by atoms with E-state index in [4.69, 9.17) is 11.6 Å². The van der Waals surface area contributed by atoms with Gasteiger partial charge in [0.2, 0.25) is 0 Å². The smallest absolute Gasteiger partial charge is 0.253 e. The Bertz CT molecular complexity index is 893. The number of carbonyl (C=O) groups excluding carboxylic acids is 1. The van der Waals surface area contributed by atoms with Gasteiger partial charge in [0.25, 0.3) is 5.91 Å². The number of aryl methyl sites for hydroxylation is 1. The molecule has 0 radical (unpaired) electrons. The van der Waals surface area contributed by atoms with Gasteiger partial charge in [0.15, 0.2) is 0 Å². The second kappa shape index (κ2) is 7.52. The molecular weight excluding hydrogens is 354 g/mol. The molecule has 2 aromatic heterocycles. The quantitative estimate of drug-likeness (QED) is 0.725. The van der Waals surface area contributed by atoms with Crippen LogP contribution >= 0.6 is 22.9 Å². The first kappa shape index (κ1) is 17.9. The van der Waals surface area contributed by atoms with Gasteiger partial charge in [0.05, 0.1) is 22.8 Å². The van der Waals surface area contributed by atoms with Crippen molar-refractivity contribution in [1.29, 1.82) is 0 Å². The first-order chi connectivity index (χ1) is 12.0. The molecule has 1 aromatic carbocycles. The topological polar surface area (TPSA) is 45.2 Å². The molecule has 6 heteroatoms. The highest BCUT2D eigenvalue weighted by atomic mass is 35.5. The standard InChI is InChI=1S/C19H20ClN3OS/c1-12-16(9-14-8-15(20)4-5-17(14)22-12)19(24)21-10-18(23(2)3)13-6-7-25-11-13/h4-9,11,18H,10H2,1-3H3,(H,21,24)/t18-/m0/s1. The van der Waals surface area contributed by atoms with Gasteiger partial charge in [0.1, 0.15) is 0 Å². The Morgan fingerprint density at radius 2 is 2.12 bits per heavy atom. The van der Waals surface area contributed by atoms with Crippen LogP contribution in [0.2, 0.25) is 5.02 Å². The number of likely N-dealkylation sites (N-methyl/N-ethyl adjacent to an activating group) is 1. The summed E-state index contributed by atoms with van der Waals surface area (Å²) in [6, 6.07) is 9.58. The van der Waals surface area contributed by atoms with Gasteiger partial charge in [-0.15, -0.1) is 0 Å². The summed E-state index contributed by atoms with van der Waals surface area (Å²) in [6.45, 7) is 2.39. The van der Waals surface area contributed by atoms with Gasteiger partial charge in [0, 0.05) is 17.0 Å². The summed E-state index contributed by atoms with van der Waals surface area (Å²) < 4.78 is 0. The van der Waals surface area contributed by atoms with Crippen LogP contribution in [0.25, 0.3) is 10.9 Å². The van der Waals surface area contributed by atoms with Gasteiger partial charge in [-0.25, -0.2) is 0 Å². The molecule has 130 valence electrons. The van der Waals surface area contributed by atoms with Crippen LogP contribution in [0, 0.1) is 6.92 Å². The van der Waals surface area contributed by atoms with E-state index in [0.717, 1.165) is 10.9 Å². The third-order valence-electron chi connectivity index (χ3n) is 4.22. The second-order valence-electron chi connectivity index (χ2n) is 6.20. The number of pyridine rings is 1. The molecule has 0 aliphatic heterocycles. The first-order valence-corrected chi connectivity index (χ1v) is 9.31. The van der Waals surface area contributed by atoms with Crippen molar-refractivity contribution >= 4 is 39.7 Å². The van der Waals surface area contributed by atoms with Gasteiger partial charge >= 0.3 is 0 Å². The molecule has 0 saturated carbocycles. The highest BCUT2D eigenvalue weighted by molar-refractivity contribution is 7.08. The Kier molecular flexibility index (Phi) is 5.37. The number of amides is 1. The molecule has 4 nitrogen and oxygen atoms in total. The Morgan fingerprint density at radius 1 is 1.32 bits per heavy atom. The molecule has 25 heavy (non-hydrogen) atoms. The lowest BCUT2D eigenvalue weighted by atomic mass is 10.1. The van der Waals surface area contributed by atoms with Crippen LogP contribution in [0.3, 0.4) is 0 Å². The van der Waals surface area contributed by atoms with Crippen LogP contribution in [0.4, 0.5) is 0 Å². The summed E-state index contributed by atoms with van der Waals surface area (Å²) in [7, 11) is 4.03. The highest BCUT2D eigenvalue weighted by Crippen LogP contribution is 2.22. The van der Waals surface area contributed by atoms with Crippen LogP contribution in [-0.2, 0) is 0 Å². The minimum Gasteiger partial charge on any atom is -0.350 e. The van der Waals surface area contributed by atoms with E-state index in [1.165, 1.54) is 5.56 Å². The average molecular weight is 374 g/mol. The minimum absolute atomic E-state index is 0.117. The number of hydrogen-bond donors (Lipinski definition) is 1. The number of fused-ring (bicyclic) bond motifs is 1. The number of hydrogen-bond acceptors (Lipinski definition) is 4. The third-order valence-corrected chi connectivity index (χ3v) is 5.16. The second-order valence-corrected chi connectivity index (χ2v) is 7.42. The fraction of sp³-hybridized carbons (Fsp3) is 0.263. The van der Waals surface area contributed by atoms with Gasteiger partial charge in [-0.2, -0.15) is 11.3 Å². The van der Waals surface area contributed by atoms with E-state index in [9.17, 15) is 4.79 Å². The average Bonchev–Trinajstić information content (AvgIpc) is 3.08. The van der Waals surface area contributed by atoms with E-state index in [0.29, 0.717) is 22.8 Å². The number of benzene rings is 1. The molecule has 0 aliphatic carbocycles. The summed E-state index contributed by atoms with van der Waals surface area (Å²) in [5.41, 5.74) is 3.33. The number of rotatable bonds is 5. The molecule has 3 rings (SSSR count). The lowest BCUT2D eigenvalue weighted by molar-refractivity contribution is 0.0941. The van der Waals surface area contributed by atoms with Gasteiger partial charge in [-0.05, 0) is 67.7 Å². The van der Waals surface area contributed by atoms with Crippen molar-refractivity contribution in [1.82, 2.24) is 15.2 Å². The Balaban J connectivity index is 1.81. The molecule has 1 atom stereocenters. The highest BCUT2D eigenvalue weighted by Gasteiger charge is 2.18. The van der Waals surface area contributed by atoms with Crippen LogP contribution in [0.5, 0.6) is 0 Å². The summed E-state index contributed by atoms with van der Waals surface area (Å²) >= 11 is 7.71. The molecule has 1 amide bonds. The SMILES string of the molecule is Cc1nc2ccc(Cl)cc2cc1C(=O)NC[C@@H](c1ccsc1)N(C)C. The maximum absolute atomic E-state index is 12.7. The van der Waals surface area contributed by atoms with Crippen molar-refractivity contribution in [3.63, 3.8) is 0 Å². The molecule has 3 aromatic rings. The monoisotopic (exact) mass is 373 g/mol. The molecule has 0 fully saturated rings. The molecule has 0 saturated heterocycles. The number of halogens is 1. The van der Waals surface area contributed by atoms with E-state index in [1.54, 1.807) is 17.4 Å². The van der Waals surface area contributed by atoms with Gasteiger partial charge in [-0.3, -0.25) is 9.78 Å².